The van der Waals surface area contributed by atoms with Gasteiger partial charge in [0.05, 0.1) is 7.11 Å². The van der Waals surface area contributed by atoms with Gasteiger partial charge in [-0.3, -0.25) is 4.79 Å². The van der Waals surface area contributed by atoms with Crippen LogP contribution in [0.25, 0.3) is 0 Å². The summed E-state index contributed by atoms with van der Waals surface area (Å²) in [4.78, 5) is 11.4. The highest BCUT2D eigenvalue weighted by molar-refractivity contribution is 8.00. The van der Waals surface area contributed by atoms with E-state index in [0.717, 1.165) is 25.0 Å². The van der Waals surface area contributed by atoms with Crippen LogP contribution < -0.4 is 0 Å². The van der Waals surface area contributed by atoms with Crippen LogP contribution in [0.1, 0.15) is 33.1 Å². The number of methoxy groups -OCH3 is 1. The Bertz CT molecular complexity index is 173. The molecule has 2 unspecified atom stereocenters. The molecule has 4 heteroatoms. The predicted octanol–water partition coefficient (Wildman–Crippen LogP) is 2.08. The second kappa shape index (κ2) is 9.04. The molecular weight excluding hydrogens is 212 g/mol. The highest BCUT2D eigenvalue weighted by Crippen LogP contribution is 2.21. The van der Waals surface area contributed by atoms with Crippen LogP contribution in [-0.4, -0.2) is 35.8 Å². The summed E-state index contributed by atoms with van der Waals surface area (Å²) in [6.45, 7) is 4.26. The summed E-state index contributed by atoms with van der Waals surface area (Å²) in [5.74, 6) is 0.905. The lowest BCUT2D eigenvalue weighted by atomic mass is 10.2. The largest absolute Gasteiger partial charge is 0.468 e. The van der Waals surface area contributed by atoms with Gasteiger partial charge in [-0.15, -0.1) is 11.8 Å². The van der Waals surface area contributed by atoms with Crippen molar-refractivity contribution in [3.8, 4) is 0 Å². The topological polar surface area (TPSA) is 46.5 Å². The molecule has 0 fully saturated rings. The zero-order chi connectivity index (χ0) is 11.7. The molecule has 3 nitrogen and oxygen atoms in total. The first kappa shape index (κ1) is 14.8. The molecule has 1 N–H and O–H groups in total. The number of hydrogen-bond donors (Lipinski definition) is 1. The minimum Gasteiger partial charge on any atom is -0.468 e. The summed E-state index contributed by atoms with van der Waals surface area (Å²) in [7, 11) is 1.43. The van der Waals surface area contributed by atoms with E-state index < -0.39 is 0 Å². The quantitative estimate of drug-likeness (QED) is 0.653. The highest BCUT2D eigenvalue weighted by atomic mass is 32.2. The molecule has 0 heterocycles. The van der Waals surface area contributed by atoms with Crippen molar-refractivity contribution in [1.29, 1.82) is 0 Å². The number of rotatable bonds is 8. The summed E-state index contributed by atoms with van der Waals surface area (Å²) in [6, 6.07) is 0. The maximum absolute atomic E-state index is 11.4. The molecule has 0 amide bonds. The van der Waals surface area contributed by atoms with E-state index in [1.807, 2.05) is 6.92 Å². The lowest BCUT2D eigenvalue weighted by Gasteiger charge is -2.15. The maximum atomic E-state index is 11.4. The maximum Gasteiger partial charge on any atom is 0.318 e. The minimum atomic E-state index is -0.140. The molecule has 0 aliphatic carbocycles. The zero-order valence-electron chi connectivity index (χ0n) is 9.86. The molecule has 0 aliphatic rings. The molecule has 15 heavy (non-hydrogen) atoms. The average molecular weight is 234 g/mol. The summed E-state index contributed by atoms with van der Waals surface area (Å²) in [5, 5.41) is 8.82. The molecule has 0 aromatic carbocycles. The third kappa shape index (κ3) is 6.79. The van der Waals surface area contributed by atoms with Gasteiger partial charge in [0.15, 0.2) is 0 Å². The molecular formula is C11H22O3S. The van der Waals surface area contributed by atoms with Gasteiger partial charge in [0.2, 0.25) is 0 Å². The smallest absolute Gasteiger partial charge is 0.318 e. The van der Waals surface area contributed by atoms with E-state index in [4.69, 9.17) is 9.84 Å². The SMILES string of the molecule is CCCCC(SCC(C)CO)C(=O)OC. The van der Waals surface area contributed by atoms with Crippen LogP contribution >= 0.6 is 11.8 Å². The molecule has 0 spiro atoms. The highest BCUT2D eigenvalue weighted by Gasteiger charge is 2.19. The number of thioether (sulfide) groups is 1. The van der Waals surface area contributed by atoms with Crippen LogP contribution in [-0.2, 0) is 9.53 Å². The molecule has 0 radical (unpaired) electrons. The van der Waals surface area contributed by atoms with Gasteiger partial charge in [0.25, 0.3) is 0 Å². The molecule has 0 saturated heterocycles. The number of carbonyl (C=O) groups excluding carboxylic acids is 1. The van der Waals surface area contributed by atoms with Gasteiger partial charge in [0, 0.05) is 6.61 Å². The second-order valence-corrected chi connectivity index (χ2v) is 5.01. The fourth-order valence-corrected chi connectivity index (χ4v) is 2.36. The molecule has 0 aromatic rings. The van der Waals surface area contributed by atoms with Crippen LogP contribution in [0.2, 0.25) is 0 Å². The molecule has 0 bridgehead atoms. The molecule has 0 saturated carbocycles. The Morgan fingerprint density at radius 1 is 1.53 bits per heavy atom. The van der Waals surface area contributed by atoms with Crippen molar-refractivity contribution in [2.45, 2.75) is 38.4 Å². The summed E-state index contributed by atoms with van der Waals surface area (Å²) in [6.07, 6.45) is 3.00. The average Bonchev–Trinajstić information content (AvgIpc) is 2.27. The first-order valence-corrected chi connectivity index (χ1v) is 6.50. The van der Waals surface area contributed by atoms with Gasteiger partial charge >= 0.3 is 5.97 Å². The predicted molar refractivity (Wildman–Crippen MR) is 64.0 cm³/mol. The number of aliphatic hydroxyl groups is 1. The van der Waals surface area contributed by atoms with Gasteiger partial charge in [-0.05, 0) is 18.1 Å². The molecule has 2 atom stereocenters. The van der Waals surface area contributed by atoms with Crippen molar-refractivity contribution >= 4 is 17.7 Å². The zero-order valence-corrected chi connectivity index (χ0v) is 10.7. The van der Waals surface area contributed by atoms with Crippen LogP contribution in [0.3, 0.4) is 0 Å². The Hall–Kier alpha value is -0.220. The van der Waals surface area contributed by atoms with E-state index in [-0.39, 0.29) is 23.7 Å². The number of unbranched alkanes of at least 4 members (excludes halogenated alkanes) is 1. The van der Waals surface area contributed by atoms with Crippen molar-refractivity contribution in [3.63, 3.8) is 0 Å². The number of hydrogen-bond acceptors (Lipinski definition) is 4. The number of esters is 1. The van der Waals surface area contributed by atoms with Crippen molar-refractivity contribution in [1.82, 2.24) is 0 Å². The van der Waals surface area contributed by atoms with Gasteiger partial charge < -0.3 is 9.84 Å². The van der Waals surface area contributed by atoms with Crippen LogP contribution in [0.5, 0.6) is 0 Å². The van der Waals surface area contributed by atoms with Crippen molar-refractivity contribution in [2.24, 2.45) is 5.92 Å². The lowest BCUT2D eigenvalue weighted by molar-refractivity contribution is -0.140. The van der Waals surface area contributed by atoms with Crippen molar-refractivity contribution in [3.05, 3.63) is 0 Å². The van der Waals surface area contributed by atoms with Crippen LogP contribution in [0.4, 0.5) is 0 Å². The van der Waals surface area contributed by atoms with Gasteiger partial charge in [-0.25, -0.2) is 0 Å². The van der Waals surface area contributed by atoms with Crippen LogP contribution in [0, 0.1) is 5.92 Å². The Balaban J connectivity index is 3.95. The lowest BCUT2D eigenvalue weighted by Crippen LogP contribution is -2.20. The van der Waals surface area contributed by atoms with Gasteiger partial charge in [0.1, 0.15) is 5.25 Å². The standard InChI is InChI=1S/C11H22O3S/c1-4-5-6-10(11(13)14-3)15-8-9(2)7-12/h9-10,12H,4-8H2,1-3H3. The van der Waals surface area contributed by atoms with E-state index in [1.54, 1.807) is 11.8 Å². The summed E-state index contributed by atoms with van der Waals surface area (Å²) in [5.41, 5.74) is 0. The molecule has 0 aliphatic heterocycles. The Labute approximate surface area is 96.6 Å². The third-order valence-corrected chi connectivity index (χ3v) is 3.77. The van der Waals surface area contributed by atoms with E-state index >= 15 is 0 Å². The number of aliphatic hydroxyl groups excluding tert-OH is 1. The monoisotopic (exact) mass is 234 g/mol. The molecule has 0 rings (SSSR count). The first-order chi connectivity index (χ1) is 7.15. The Morgan fingerprint density at radius 2 is 2.20 bits per heavy atom. The fourth-order valence-electron chi connectivity index (χ4n) is 1.12. The van der Waals surface area contributed by atoms with E-state index in [1.165, 1.54) is 7.11 Å². The Morgan fingerprint density at radius 3 is 2.67 bits per heavy atom. The third-order valence-electron chi connectivity index (χ3n) is 2.18. The molecule has 0 aromatic heterocycles. The first-order valence-electron chi connectivity index (χ1n) is 5.45. The summed E-state index contributed by atoms with van der Waals surface area (Å²) < 4.78 is 4.75. The van der Waals surface area contributed by atoms with Crippen molar-refractivity contribution < 1.29 is 14.6 Å². The van der Waals surface area contributed by atoms with Gasteiger partial charge in [-0.1, -0.05) is 26.7 Å². The van der Waals surface area contributed by atoms with Gasteiger partial charge in [-0.2, -0.15) is 0 Å². The van der Waals surface area contributed by atoms with E-state index in [0.29, 0.717) is 0 Å². The number of ether oxygens (including phenoxy) is 1. The van der Waals surface area contributed by atoms with Crippen molar-refractivity contribution in [2.75, 3.05) is 19.5 Å². The van der Waals surface area contributed by atoms with E-state index in [2.05, 4.69) is 6.92 Å². The fraction of sp³-hybridized carbons (Fsp3) is 0.909. The number of carbonyl (C=O) groups is 1. The summed E-state index contributed by atoms with van der Waals surface area (Å²) >= 11 is 1.59. The van der Waals surface area contributed by atoms with E-state index in [9.17, 15) is 4.79 Å². The minimum absolute atomic E-state index is 0.0658. The Kier molecular flexibility index (Phi) is 8.91. The normalized spacial score (nSPS) is 14.7. The molecule has 90 valence electrons. The van der Waals surface area contributed by atoms with Crippen LogP contribution in [0.15, 0.2) is 0 Å². The second-order valence-electron chi connectivity index (χ2n) is 3.78.